The molecule has 3 aromatic heterocycles. The smallest absolute Gasteiger partial charge is 0.291 e. The quantitative estimate of drug-likeness (QED) is 0.614. The fourth-order valence-electron chi connectivity index (χ4n) is 5.06. The molecule has 6 heterocycles. The number of hydrogen-bond donors (Lipinski definition) is 0. The normalized spacial score (nSPS) is 19.8. The number of carbonyl (C=O) groups is 1. The van der Waals surface area contributed by atoms with Crippen molar-refractivity contribution in [2.24, 2.45) is 0 Å². The number of fused-ring (bicyclic) bond motifs is 3. The molecular weight excluding hydrogens is 412 g/mol. The van der Waals surface area contributed by atoms with E-state index in [0.29, 0.717) is 18.9 Å². The summed E-state index contributed by atoms with van der Waals surface area (Å²) in [5.41, 5.74) is 1.86. The summed E-state index contributed by atoms with van der Waals surface area (Å²) >= 11 is 1.79. The van der Waals surface area contributed by atoms with Crippen LogP contribution in [-0.2, 0) is 29.7 Å². The van der Waals surface area contributed by atoms with E-state index in [4.69, 9.17) is 4.74 Å². The van der Waals surface area contributed by atoms with Crippen LogP contribution in [0.15, 0.2) is 24.7 Å². The molecule has 9 heteroatoms. The minimum Gasteiger partial charge on any atom is -0.370 e. The summed E-state index contributed by atoms with van der Waals surface area (Å²) in [5.74, 6) is 1.44. The van der Waals surface area contributed by atoms with Crippen molar-refractivity contribution in [3.8, 4) is 10.6 Å². The van der Waals surface area contributed by atoms with Crippen LogP contribution in [0.4, 0.5) is 0 Å². The van der Waals surface area contributed by atoms with E-state index >= 15 is 0 Å². The second kappa shape index (κ2) is 7.49. The van der Waals surface area contributed by atoms with E-state index in [-0.39, 0.29) is 11.5 Å². The van der Waals surface area contributed by atoms with Crippen molar-refractivity contribution >= 4 is 17.2 Å². The molecule has 0 bridgehead atoms. The number of piperidine rings is 1. The summed E-state index contributed by atoms with van der Waals surface area (Å²) in [6, 6.07) is 2.23. The number of hydrogen-bond acceptors (Lipinski definition) is 7. The van der Waals surface area contributed by atoms with Gasteiger partial charge in [0.15, 0.2) is 0 Å². The minimum atomic E-state index is -0.314. The molecule has 3 aliphatic heterocycles. The highest BCUT2D eigenvalue weighted by Gasteiger charge is 2.43. The summed E-state index contributed by atoms with van der Waals surface area (Å²) < 4.78 is 8.40. The van der Waals surface area contributed by atoms with Gasteiger partial charge < -0.3 is 14.2 Å². The molecule has 0 aliphatic carbocycles. The summed E-state index contributed by atoms with van der Waals surface area (Å²) in [5, 5.41) is 8.48. The molecule has 3 aromatic rings. The molecule has 1 saturated heterocycles. The first-order valence-electron chi connectivity index (χ1n) is 11.0. The van der Waals surface area contributed by atoms with Crippen LogP contribution in [0.25, 0.3) is 10.6 Å². The predicted octanol–water partition coefficient (Wildman–Crippen LogP) is 2.84. The van der Waals surface area contributed by atoms with Crippen LogP contribution in [0.2, 0.25) is 0 Å². The average Bonchev–Trinajstić information content (AvgIpc) is 3.45. The molecule has 0 atom stereocenters. The lowest BCUT2D eigenvalue weighted by Crippen LogP contribution is -2.48. The molecule has 1 spiro atoms. The van der Waals surface area contributed by atoms with Gasteiger partial charge in [-0.1, -0.05) is 0 Å². The molecular formula is C22H24N6O2S. The Balaban J connectivity index is 1.23. The molecule has 160 valence electrons. The predicted molar refractivity (Wildman–Crippen MR) is 115 cm³/mol. The van der Waals surface area contributed by atoms with Gasteiger partial charge in [0.25, 0.3) is 5.91 Å². The minimum absolute atomic E-state index is 0.00268. The van der Waals surface area contributed by atoms with Crippen molar-refractivity contribution in [3.05, 3.63) is 46.7 Å². The summed E-state index contributed by atoms with van der Waals surface area (Å²) in [6.45, 7) is 2.89. The van der Waals surface area contributed by atoms with Gasteiger partial charge in [-0.3, -0.25) is 14.8 Å². The van der Waals surface area contributed by atoms with Gasteiger partial charge in [-0.2, -0.15) is 0 Å². The first-order chi connectivity index (χ1) is 15.2. The molecule has 0 unspecified atom stereocenters. The van der Waals surface area contributed by atoms with Crippen LogP contribution in [-0.4, -0.2) is 55.2 Å². The Bertz CT molecular complexity index is 1120. The summed E-state index contributed by atoms with van der Waals surface area (Å²) in [4.78, 5) is 26.3. The van der Waals surface area contributed by atoms with Gasteiger partial charge in [0.1, 0.15) is 5.82 Å². The van der Waals surface area contributed by atoms with Crippen LogP contribution < -0.4 is 0 Å². The van der Waals surface area contributed by atoms with Gasteiger partial charge in [-0.15, -0.1) is 21.5 Å². The largest absolute Gasteiger partial charge is 0.370 e. The summed E-state index contributed by atoms with van der Waals surface area (Å²) in [7, 11) is 0. The van der Waals surface area contributed by atoms with E-state index in [1.807, 2.05) is 15.7 Å². The van der Waals surface area contributed by atoms with E-state index in [1.54, 1.807) is 23.7 Å². The Hall–Kier alpha value is -2.65. The molecule has 8 nitrogen and oxygen atoms in total. The highest BCUT2D eigenvalue weighted by molar-refractivity contribution is 7.15. The molecule has 1 fully saturated rings. The Morgan fingerprint density at radius 3 is 2.84 bits per heavy atom. The number of thiophene rings is 1. The molecule has 1 amide bonds. The Morgan fingerprint density at radius 2 is 2.00 bits per heavy atom. The van der Waals surface area contributed by atoms with Gasteiger partial charge in [-0.25, -0.2) is 0 Å². The lowest BCUT2D eigenvalue weighted by atomic mass is 9.82. The first-order valence-corrected chi connectivity index (χ1v) is 11.8. The number of rotatable bonds is 2. The topological polar surface area (TPSA) is 86.0 Å². The molecule has 0 N–H and O–H groups in total. The second-order valence-electron chi connectivity index (χ2n) is 8.47. The Labute approximate surface area is 184 Å². The molecule has 0 saturated carbocycles. The highest BCUT2D eigenvalue weighted by atomic mass is 32.1. The molecule has 6 rings (SSSR count). The number of aryl methyl sites for hydroxylation is 1. The molecule has 3 aliphatic rings. The monoisotopic (exact) mass is 436 g/mol. The fourth-order valence-corrected chi connectivity index (χ4v) is 6.25. The van der Waals surface area contributed by atoms with Gasteiger partial charge >= 0.3 is 0 Å². The maximum atomic E-state index is 13.2. The van der Waals surface area contributed by atoms with E-state index in [2.05, 4.69) is 26.2 Å². The van der Waals surface area contributed by atoms with Crippen molar-refractivity contribution in [2.45, 2.75) is 50.7 Å². The number of amides is 1. The Morgan fingerprint density at radius 1 is 1.10 bits per heavy atom. The van der Waals surface area contributed by atoms with Crippen molar-refractivity contribution in [1.82, 2.24) is 29.6 Å². The number of ether oxygens (including phenoxy) is 1. The van der Waals surface area contributed by atoms with Gasteiger partial charge in [0.05, 0.1) is 29.0 Å². The number of carbonyl (C=O) groups excluding carboxylic acids is 1. The Kier molecular flexibility index (Phi) is 4.61. The van der Waals surface area contributed by atoms with Crippen molar-refractivity contribution in [2.75, 3.05) is 19.7 Å². The van der Waals surface area contributed by atoms with Crippen LogP contribution >= 0.6 is 11.3 Å². The van der Waals surface area contributed by atoms with Gasteiger partial charge in [-0.05, 0) is 37.3 Å². The molecule has 0 aromatic carbocycles. The average molecular weight is 437 g/mol. The number of nitrogens with zero attached hydrogens (tertiary/aromatic N) is 6. The number of aromatic nitrogens is 5. The third kappa shape index (κ3) is 3.18. The van der Waals surface area contributed by atoms with Crippen molar-refractivity contribution in [1.29, 1.82) is 0 Å². The van der Waals surface area contributed by atoms with E-state index in [9.17, 15) is 4.79 Å². The van der Waals surface area contributed by atoms with E-state index in [0.717, 1.165) is 68.1 Å². The zero-order valence-electron chi connectivity index (χ0n) is 17.3. The SMILES string of the molecule is O=C(c1nnc2n1CCCC2)N1CCC2(CC1)OCCc1sc(-c3cnccn3)cc12. The molecule has 0 radical (unpaired) electrons. The zero-order valence-corrected chi connectivity index (χ0v) is 18.1. The fraction of sp³-hybridized carbons (Fsp3) is 0.500. The van der Waals surface area contributed by atoms with Crippen molar-refractivity contribution in [3.63, 3.8) is 0 Å². The van der Waals surface area contributed by atoms with Crippen LogP contribution in [0.3, 0.4) is 0 Å². The van der Waals surface area contributed by atoms with Gasteiger partial charge in [0.2, 0.25) is 5.82 Å². The lowest BCUT2D eigenvalue weighted by molar-refractivity contribution is -0.0927. The third-order valence-corrected chi connectivity index (χ3v) is 7.95. The zero-order chi connectivity index (χ0) is 20.8. The summed E-state index contributed by atoms with van der Waals surface area (Å²) in [6.07, 6.45) is 10.9. The maximum absolute atomic E-state index is 13.2. The lowest BCUT2D eigenvalue weighted by Gasteiger charge is -2.43. The standard InChI is InChI=1S/C22H24N6O2S/c29-21(20-26-25-19-3-1-2-9-28(19)20)27-10-5-22(6-11-27)15-13-18(16-14-23-7-8-24-16)31-17(15)4-12-30-22/h7-8,13-14H,1-6,9-12H2. The van der Waals surface area contributed by atoms with Gasteiger partial charge in [0, 0.05) is 49.7 Å². The maximum Gasteiger partial charge on any atom is 0.291 e. The van der Waals surface area contributed by atoms with E-state index in [1.165, 1.54) is 10.4 Å². The second-order valence-corrected chi connectivity index (χ2v) is 9.61. The van der Waals surface area contributed by atoms with Crippen LogP contribution in [0.5, 0.6) is 0 Å². The van der Waals surface area contributed by atoms with E-state index < -0.39 is 0 Å². The van der Waals surface area contributed by atoms with Crippen molar-refractivity contribution < 1.29 is 9.53 Å². The number of likely N-dealkylation sites (tertiary alicyclic amines) is 1. The first kappa shape index (κ1) is 19.1. The highest BCUT2D eigenvalue weighted by Crippen LogP contribution is 2.46. The van der Waals surface area contributed by atoms with Crippen LogP contribution in [0.1, 0.15) is 52.6 Å². The van der Waals surface area contributed by atoms with Crippen LogP contribution in [0, 0.1) is 0 Å². The molecule has 31 heavy (non-hydrogen) atoms. The third-order valence-electron chi connectivity index (χ3n) is 6.73.